The van der Waals surface area contributed by atoms with Crippen LogP contribution in [0.3, 0.4) is 0 Å². The third-order valence-corrected chi connectivity index (χ3v) is 5.27. The molecule has 0 aromatic carbocycles. The van der Waals surface area contributed by atoms with E-state index in [1.165, 1.54) is 4.90 Å². The van der Waals surface area contributed by atoms with Crippen LogP contribution in [0.25, 0.3) is 0 Å². The fourth-order valence-electron chi connectivity index (χ4n) is 3.51. The zero-order chi connectivity index (χ0) is 28.0. The molecule has 1 rings (SSSR count). The number of hydrogen-bond donors (Lipinski definition) is 2. The predicted molar refractivity (Wildman–Crippen MR) is 141 cm³/mol. The van der Waals surface area contributed by atoms with Gasteiger partial charge in [0, 0.05) is 31.7 Å². The Morgan fingerprint density at radius 2 is 1.86 bits per heavy atom. The van der Waals surface area contributed by atoms with Crippen molar-refractivity contribution in [1.29, 1.82) is 0 Å². The number of amides is 4. The van der Waals surface area contributed by atoms with E-state index in [0.29, 0.717) is 19.4 Å². The minimum absolute atomic E-state index is 0.0944. The van der Waals surface area contributed by atoms with E-state index >= 15 is 0 Å². The number of carbonyl (C=O) groups excluding carboxylic acids is 5. The van der Waals surface area contributed by atoms with Crippen molar-refractivity contribution in [2.45, 2.75) is 59.9 Å². The Bertz CT molecular complexity index is 945. The number of rotatable bonds is 11. The number of nitrogens with zero attached hydrogens (tertiary/aromatic N) is 2. The zero-order valence-electron chi connectivity index (χ0n) is 22.5. The van der Waals surface area contributed by atoms with Gasteiger partial charge < -0.3 is 15.0 Å². The molecule has 37 heavy (non-hydrogen) atoms. The molecule has 0 bridgehead atoms. The number of nitrogens with one attached hydrogen (secondary N) is 2. The van der Waals surface area contributed by atoms with Crippen LogP contribution >= 0.6 is 0 Å². The fraction of sp³-hybridized carbons (Fsp3) is 0.519. The maximum atomic E-state index is 13.0. The number of likely N-dealkylation sites (tertiary alicyclic amines) is 1. The molecule has 0 aromatic heterocycles. The summed E-state index contributed by atoms with van der Waals surface area (Å²) >= 11 is 0. The van der Waals surface area contributed by atoms with Gasteiger partial charge in [0.1, 0.15) is 12.6 Å². The lowest BCUT2D eigenvalue weighted by atomic mass is 9.91. The first-order chi connectivity index (χ1) is 17.4. The highest BCUT2D eigenvalue weighted by Gasteiger charge is 2.36. The largest absolute Gasteiger partial charge is 0.465 e. The normalized spacial score (nSPS) is 16.1. The number of hydrazine groups is 1. The van der Waals surface area contributed by atoms with Gasteiger partial charge in [-0.15, -0.1) is 0 Å². The SMILES string of the molecule is C=C/C(=C\C=C/C)CNC(=O)/C=C/C(=O)N(CC(=O)OCC)NC(=O)C1CCCN1C(=O)CC(C)(C)C. The monoisotopic (exact) mass is 516 g/mol. The maximum Gasteiger partial charge on any atom is 0.327 e. The van der Waals surface area contributed by atoms with Crippen molar-refractivity contribution in [2.24, 2.45) is 5.41 Å². The van der Waals surface area contributed by atoms with Gasteiger partial charge in [-0.3, -0.25) is 29.4 Å². The van der Waals surface area contributed by atoms with Gasteiger partial charge in [0.15, 0.2) is 0 Å². The third kappa shape index (κ3) is 11.7. The van der Waals surface area contributed by atoms with E-state index in [2.05, 4.69) is 17.3 Å². The summed E-state index contributed by atoms with van der Waals surface area (Å²) < 4.78 is 4.91. The van der Waals surface area contributed by atoms with Gasteiger partial charge in [0.25, 0.3) is 11.8 Å². The van der Waals surface area contributed by atoms with Crippen molar-refractivity contribution in [3.8, 4) is 0 Å². The van der Waals surface area contributed by atoms with Gasteiger partial charge in [-0.2, -0.15) is 0 Å². The molecule has 2 N–H and O–H groups in total. The molecule has 1 unspecified atom stereocenters. The van der Waals surface area contributed by atoms with Crippen LogP contribution in [-0.4, -0.2) is 71.8 Å². The molecule has 10 nitrogen and oxygen atoms in total. The van der Waals surface area contributed by atoms with Crippen molar-refractivity contribution in [3.05, 3.63) is 48.6 Å². The summed E-state index contributed by atoms with van der Waals surface area (Å²) in [7, 11) is 0. The average molecular weight is 517 g/mol. The van der Waals surface area contributed by atoms with E-state index in [1.807, 2.05) is 33.8 Å². The Morgan fingerprint density at radius 3 is 2.46 bits per heavy atom. The van der Waals surface area contributed by atoms with Crippen LogP contribution < -0.4 is 10.7 Å². The Hall–Kier alpha value is -3.69. The van der Waals surface area contributed by atoms with Gasteiger partial charge in [-0.25, -0.2) is 5.01 Å². The van der Waals surface area contributed by atoms with Gasteiger partial charge in [0.2, 0.25) is 11.8 Å². The molecular formula is C27H40N4O6. The first-order valence-electron chi connectivity index (χ1n) is 12.4. The molecule has 1 atom stereocenters. The minimum Gasteiger partial charge on any atom is -0.465 e. The molecule has 1 saturated heterocycles. The molecule has 1 fully saturated rings. The number of esters is 1. The number of carbonyl (C=O) groups is 5. The lowest BCUT2D eigenvalue weighted by Crippen LogP contribution is -2.54. The van der Waals surface area contributed by atoms with Crippen LogP contribution in [0, 0.1) is 5.41 Å². The van der Waals surface area contributed by atoms with Crippen molar-refractivity contribution >= 4 is 29.6 Å². The summed E-state index contributed by atoms with van der Waals surface area (Å²) in [5.74, 6) is -2.80. The number of allylic oxidation sites excluding steroid dienone is 3. The van der Waals surface area contributed by atoms with Crippen LogP contribution in [0.4, 0.5) is 0 Å². The van der Waals surface area contributed by atoms with E-state index in [9.17, 15) is 24.0 Å². The van der Waals surface area contributed by atoms with Crippen LogP contribution in [-0.2, 0) is 28.7 Å². The molecule has 1 heterocycles. The van der Waals surface area contributed by atoms with Crippen LogP contribution in [0.2, 0.25) is 0 Å². The highest BCUT2D eigenvalue weighted by atomic mass is 16.5. The molecule has 0 aromatic rings. The molecule has 1 aliphatic heterocycles. The van der Waals surface area contributed by atoms with E-state index < -0.39 is 36.3 Å². The molecular weight excluding hydrogens is 476 g/mol. The summed E-state index contributed by atoms with van der Waals surface area (Å²) in [5.41, 5.74) is 2.96. The van der Waals surface area contributed by atoms with E-state index in [-0.39, 0.29) is 30.9 Å². The Kier molecular flexibility index (Phi) is 13.1. The summed E-state index contributed by atoms with van der Waals surface area (Å²) in [6, 6.07) is -0.763. The Morgan fingerprint density at radius 1 is 1.16 bits per heavy atom. The van der Waals surface area contributed by atoms with Gasteiger partial charge >= 0.3 is 5.97 Å². The third-order valence-electron chi connectivity index (χ3n) is 5.27. The van der Waals surface area contributed by atoms with E-state index in [1.54, 1.807) is 25.2 Å². The Balaban J connectivity index is 2.92. The zero-order valence-corrected chi connectivity index (χ0v) is 22.5. The van der Waals surface area contributed by atoms with Crippen LogP contribution in [0.5, 0.6) is 0 Å². The second kappa shape index (κ2) is 15.4. The maximum absolute atomic E-state index is 13.0. The summed E-state index contributed by atoms with van der Waals surface area (Å²) in [4.78, 5) is 64.3. The van der Waals surface area contributed by atoms with Crippen LogP contribution in [0.1, 0.15) is 53.9 Å². The summed E-state index contributed by atoms with van der Waals surface area (Å²) in [5, 5.41) is 3.41. The second-order valence-corrected chi connectivity index (χ2v) is 9.71. The molecule has 0 saturated carbocycles. The van der Waals surface area contributed by atoms with E-state index in [4.69, 9.17) is 4.74 Å². The van der Waals surface area contributed by atoms with E-state index in [0.717, 1.165) is 22.7 Å². The first kappa shape index (κ1) is 31.3. The molecule has 0 radical (unpaired) electrons. The standard InChI is InChI=1S/C27H40N4O6/c1-7-10-12-20(8-2)18-28-22(32)14-15-23(33)31(19-25(35)37-9-3)29-26(36)21-13-11-16-30(21)24(34)17-27(4,5)6/h7-8,10,12,14-15,21H,2,9,11,13,16-19H2,1,3-6H3,(H,28,32)(H,29,36)/b10-7-,15-14+,20-12+. The van der Waals surface area contributed by atoms with Gasteiger partial charge in [0.05, 0.1) is 6.61 Å². The molecule has 0 spiro atoms. The smallest absolute Gasteiger partial charge is 0.327 e. The van der Waals surface area contributed by atoms with Gasteiger partial charge in [-0.1, -0.05) is 51.7 Å². The molecule has 204 valence electrons. The summed E-state index contributed by atoms with van der Waals surface area (Å²) in [6.07, 6.45) is 10.4. The van der Waals surface area contributed by atoms with Crippen molar-refractivity contribution in [2.75, 3.05) is 26.2 Å². The molecule has 1 aliphatic rings. The lowest BCUT2D eigenvalue weighted by Gasteiger charge is -2.29. The lowest BCUT2D eigenvalue weighted by molar-refractivity contribution is -0.153. The quantitative estimate of drug-likeness (QED) is 0.188. The highest BCUT2D eigenvalue weighted by Crippen LogP contribution is 2.25. The first-order valence-corrected chi connectivity index (χ1v) is 12.4. The topological polar surface area (TPSA) is 125 Å². The highest BCUT2D eigenvalue weighted by molar-refractivity contribution is 5.99. The summed E-state index contributed by atoms with van der Waals surface area (Å²) in [6.45, 7) is 13.2. The number of hydrogen-bond acceptors (Lipinski definition) is 6. The van der Waals surface area contributed by atoms with Gasteiger partial charge in [-0.05, 0) is 37.7 Å². The average Bonchev–Trinajstić information content (AvgIpc) is 3.32. The Labute approximate surface area is 219 Å². The fourth-order valence-corrected chi connectivity index (χ4v) is 3.51. The molecule has 10 heteroatoms. The van der Waals surface area contributed by atoms with Crippen molar-refractivity contribution < 1.29 is 28.7 Å². The minimum atomic E-state index is -0.796. The second-order valence-electron chi connectivity index (χ2n) is 9.71. The molecule has 0 aliphatic carbocycles. The predicted octanol–water partition coefficient (Wildman–Crippen LogP) is 2.20. The number of ether oxygens (including phenoxy) is 1. The van der Waals surface area contributed by atoms with Crippen LogP contribution in [0.15, 0.2) is 48.6 Å². The van der Waals surface area contributed by atoms with Crippen molar-refractivity contribution in [3.63, 3.8) is 0 Å². The van der Waals surface area contributed by atoms with Crippen molar-refractivity contribution in [1.82, 2.24) is 20.7 Å². The molecule has 4 amide bonds.